The van der Waals surface area contributed by atoms with Crippen molar-refractivity contribution in [3.05, 3.63) is 17.4 Å². The van der Waals surface area contributed by atoms with Crippen LogP contribution in [0.5, 0.6) is 0 Å². The fourth-order valence-corrected chi connectivity index (χ4v) is 1.56. The Bertz CT molecular complexity index is 253. The number of aldehydes is 1. The molecule has 2 nitrogen and oxygen atoms in total. The van der Waals surface area contributed by atoms with Crippen molar-refractivity contribution in [3.63, 3.8) is 0 Å². The molecule has 0 saturated carbocycles. The Morgan fingerprint density at radius 2 is 2.45 bits per heavy atom. The second kappa shape index (κ2) is 3.62. The van der Waals surface area contributed by atoms with Gasteiger partial charge in [0.05, 0.1) is 5.56 Å². The fraction of sp³-hybridized carbons (Fsp3) is 0.375. The first kappa shape index (κ1) is 8.40. The summed E-state index contributed by atoms with van der Waals surface area (Å²) in [5.74, 6) is 1.72. The Morgan fingerprint density at radius 3 is 3.00 bits per heavy atom. The number of aryl methyl sites for hydroxylation is 1. The molecule has 1 rings (SSSR count). The van der Waals surface area contributed by atoms with Crippen molar-refractivity contribution < 1.29 is 9.21 Å². The van der Waals surface area contributed by atoms with Gasteiger partial charge >= 0.3 is 0 Å². The van der Waals surface area contributed by atoms with Crippen molar-refractivity contribution >= 4 is 18.0 Å². The highest BCUT2D eigenvalue weighted by atomic mass is 32.2. The molecule has 1 aromatic rings. The highest BCUT2D eigenvalue weighted by molar-refractivity contribution is 7.99. The lowest BCUT2D eigenvalue weighted by atomic mass is 10.3. The normalized spacial score (nSPS) is 10.0. The molecule has 0 saturated heterocycles. The molecule has 0 N–H and O–H groups in total. The summed E-state index contributed by atoms with van der Waals surface area (Å²) in [6.45, 7) is 3.86. The average molecular weight is 170 g/mol. The molecular weight excluding hydrogens is 160 g/mol. The minimum absolute atomic E-state index is 0.661. The van der Waals surface area contributed by atoms with Gasteiger partial charge in [-0.3, -0.25) is 4.79 Å². The predicted octanol–water partition coefficient (Wildman–Crippen LogP) is 2.51. The Morgan fingerprint density at radius 1 is 1.73 bits per heavy atom. The number of hydrogen-bond acceptors (Lipinski definition) is 3. The highest BCUT2D eigenvalue weighted by Gasteiger charge is 2.06. The van der Waals surface area contributed by atoms with Gasteiger partial charge in [0, 0.05) is 0 Å². The standard InChI is InChI=1S/C8H10O2S/c1-3-11-8-7(5-9)4-6(2)10-8/h4-5H,3H2,1-2H3. The van der Waals surface area contributed by atoms with Gasteiger partial charge in [-0.05, 0) is 18.7 Å². The van der Waals surface area contributed by atoms with E-state index in [-0.39, 0.29) is 0 Å². The number of hydrogen-bond donors (Lipinski definition) is 0. The number of carbonyl (C=O) groups excluding carboxylic acids is 1. The molecule has 0 aromatic carbocycles. The van der Waals surface area contributed by atoms with Gasteiger partial charge in [0.1, 0.15) is 5.76 Å². The molecule has 0 atom stereocenters. The van der Waals surface area contributed by atoms with E-state index in [0.717, 1.165) is 22.9 Å². The van der Waals surface area contributed by atoms with Crippen LogP contribution in [0.4, 0.5) is 0 Å². The number of furan rings is 1. The van der Waals surface area contributed by atoms with Crippen LogP contribution in [0.2, 0.25) is 0 Å². The van der Waals surface area contributed by atoms with Crippen molar-refractivity contribution in [1.82, 2.24) is 0 Å². The zero-order valence-corrected chi connectivity index (χ0v) is 7.40. The quantitative estimate of drug-likeness (QED) is 0.515. The lowest BCUT2D eigenvalue weighted by Crippen LogP contribution is -1.76. The zero-order valence-electron chi connectivity index (χ0n) is 6.59. The lowest BCUT2D eigenvalue weighted by molar-refractivity contribution is 0.111. The third-order valence-corrected chi connectivity index (χ3v) is 2.12. The van der Waals surface area contributed by atoms with Crippen LogP contribution in [0.15, 0.2) is 15.6 Å². The SMILES string of the molecule is CCSc1oc(C)cc1C=O. The molecule has 0 aliphatic rings. The maximum absolute atomic E-state index is 10.4. The smallest absolute Gasteiger partial charge is 0.170 e. The first-order valence-electron chi connectivity index (χ1n) is 3.46. The van der Waals surface area contributed by atoms with E-state index in [2.05, 4.69) is 0 Å². The molecule has 60 valence electrons. The Labute approximate surface area is 70.0 Å². The van der Waals surface area contributed by atoms with Gasteiger partial charge < -0.3 is 4.42 Å². The first-order valence-corrected chi connectivity index (χ1v) is 4.45. The van der Waals surface area contributed by atoms with E-state index in [1.54, 1.807) is 17.8 Å². The summed E-state index contributed by atoms with van der Waals surface area (Å²) in [4.78, 5) is 10.4. The maximum atomic E-state index is 10.4. The van der Waals surface area contributed by atoms with Crippen LogP contribution in [-0.2, 0) is 0 Å². The van der Waals surface area contributed by atoms with Gasteiger partial charge in [-0.2, -0.15) is 0 Å². The third-order valence-electron chi connectivity index (χ3n) is 1.25. The largest absolute Gasteiger partial charge is 0.454 e. The molecule has 0 unspecified atom stereocenters. The lowest BCUT2D eigenvalue weighted by Gasteiger charge is -1.91. The number of rotatable bonds is 3. The second-order valence-corrected chi connectivity index (χ2v) is 3.39. The Hall–Kier alpha value is -0.700. The van der Waals surface area contributed by atoms with Gasteiger partial charge in [0.25, 0.3) is 0 Å². The van der Waals surface area contributed by atoms with Crippen molar-refractivity contribution in [2.75, 3.05) is 5.75 Å². The summed E-state index contributed by atoms with van der Waals surface area (Å²) in [5.41, 5.74) is 0.661. The van der Waals surface area contributed by atoms with E-state index >= 15 is 0 Å². The van der Waals surface area contributed by atoms with Crippen molar-refractivity contribution in [3.8, 4) is 0 Å². The summed E-state index contributed by atoms with van der Waals surface area (Å²) in [7, 11) is 0. The van der Waals surface area contributed by atoms with Gasteiger partial charge in [-0.1, -0.05) is 18.7 Å². The fourth-order valence-electron chi connectivity index (χ4n) is 0.839. The Balaban J connectivity index is 2.92. The summed E-state index contributed by atoms with van der Waals surface area (Å²) < 4.78 is 5.28. The third kappa shape index (κ3) is 1.87. The van der Waals surface area contributed by atoms with E-state index in [1.807, 2.05) is 13.8 Å². The van der Waals surface area contributed by atoms with Crippen LogP contribution >= 0.6 is 11.8 Å². The monoisotopic (exact) mass is 170 g/mol. The predicted molar refractivity (Wildman–Crippen MR) is 45.2 cm³/mol. The topological polar surface area (TPSA) is 30.2 Å². The van der Waals surface area contributed by atoms with E-state index in [4.69, 9.17) is 4.42 Å². The molecule has 0 aliphatic carbocycles. The summed E-state index contributed by atoms with van der Waals surface area (Å²) in [6, 6.07) is 1.75. The zero-order chi connectivity index (χ0) is 8.27. The van der Waals surface area contributed by atoms with Crippen molar-refractivity contribution in [2.24, 2.45) is 0 Å². The molecule has 0 amide bonds. The van der Waals surface area contributed by atoms with Gasteiger partial charge in [0.15, 0.2) is 11.4 Å². The molecule has 0 radical (unpaired) electrons. The van der Waals surface area contributed by atoms with Crippen LogP contribution in [-0.4, -0.2) is 12.0 Å². The van der Waals surface area contributed by atoms with Crippen molar-refractivity contribution in [2.45, 2.75) is 18.9 Å². The van der Waals surface area contributed by atoms with Crippen LogP contribution in [0.25, 0.3) is 0 Å². The van der Waals surface area contributed by atoms with Crippen LogP contribution in [0, 0.1) is 6.92 Å². The van der Waals surface area contributed by atoms with Crippen LogP contribution in [0.3, 0.4) is 0 Å². The summed E-state index contributed by atoms with van der Waals surface area (Å²) in [6.07, 6.45) is 0.828. The molecule has 3 heteroatoms. The van der Waals surface area contributed by atoms with E-state index in [1.165, 1.54) is 0 Å². The molecule has 1 aromatic heterocycles. The van der Waals surface area contributed by atoms with E-state index < -0.39 is 0 Å². The van der Waals surface area contributed by atoms with Crippen LogP contribution < -0.4 is 0 Å². The highest BCUT2D eigenvalue weighted by Crippen LogP contribution is 2.24. The summed E-state index contributed by atoms with van der Waals surface area (Å²) >= 11 is 1.55. The van der Waals surface area contributed by atoms with Crippen molar-refractivity contribution in [1.29, 1.82) is 0 Å². The van der Waals surface area contributed by atoms with E-state index in [9.17, 15) is 4.79 Å². The second-order valence-electron chi connectivity index (χ2n) is 2.15. The number of carbonyl (C=O) groups is 1. The van der Waals surface area contributed by atoms with E-state index in [0.29, 0.717) is 5.56 Å². The molecule has 0 aliphatic heterocycles. The molecular formula is C8H10O2S. The molecule has 0 spiro atoms. The Kier molecular flexibility index (Phi) is 2.76. The first-order chi connectivity index (χ1) is 5.27. The van der Waals surface area contributed by atoms with Gasteiger partial charge in [0.2, 0.25) is 0 Å². The van der Waals surface area contributed by atoms with Gasteiger partial charge in [-0.15, -0.1) is 0 Å². The minimum atomic E-state index is 0.661. The minimum Gasteiger partial charge on any atom is -0.454 e. The molecule has 0 bridgehead atoms. The van der Waals surface area contributed by atoms with Gasteiger partial charge in [-0.25, -0.2) is 0 Å². The molecule has 11 heavy (non-hydrogen) atoms. The maximum Gasteiger partial charge on any atom is 0.170 e. The number of thioether (sulfide) groups is 1. The van der Waals surface area contributed by atoms with Crippen LogP contribution in [0.1, 0.15) is 23.0 Å². The average Bonchev–Trinajstić information content (AvgIpc) is 2.32. The molecule has 1 heterocycles. The summed E-state index contributed by atoms with van der Waals surface area (Å²) in [5, 5.41) is 0.736. The molecule has 0 fully saturated rings.